The minimum absolute atomic E-state index is 0.173. The molecule has 1 heterocycles. The van der Waals surface area contributed by atoms with E-state index in [0.29, 0.717) is 31.6 Å². The minimum Gasteiger partial charge on any atom is -0.377 e. The molecule has 4 heteroatoms. The third-order valence-corrected chi connectivity index (χ3v) is 4.26. The van der Waals surface area contributed by atoms with Gasteiger partial charge in [-0.05, 0) is 31.7 Å². The van der Waals surface area contributed by atoms with Gasteiger partial charge in [0.25, 0.3) is 0 Å². The van der Waals surface area contributed by atoms with Crippen molar-refractivity contribution >= 4 is 5.91 Å². The molecule has 0 aromatic carbocycles. The van der Waals surface area contributed by atoms with Crippen LogP contribution in [-0.4, -0.2) is 43.2 Å². The first-order valence-electron chi connectivity index (χ1n) is 6.86. The lowest BCUT2D eigenvalue weighted by Crippen LogP contribution is -2.51. The lowest BCUT2D eigenvalue weighted by molar-refractivity contribution is -0.145. The van der Waals surface area contributed by atoms with Gasteiger partial charge in [-0.25, -0.2) is 0 Å². The number of rotatable bonds is 3. The van der Waals surface area contributed by atoms with Crippen molar-refractivity contribution in [2.24, 2.45) is 17.6 Å². The molecule has 3 atom stereocenters. The van der Waals surface area contributed by atoms with Gasteiger partial charge in [0.15, 0.2) is 0 Å². The van der Waals surface area contributed by atoms with Gasteiger partial charge in [0, 0.05) is 12.5 Å². The number of hydrogen-bond acceptors (Lipinski definition) is 3. The molecule has 98 valence electrons. The molecule has 2 N–H and O–H groups in total. The third-order valence-electron chi connectivity index (χ3n) is 4.26. The fraction of sp³-hybridized carbons (Fsp3) is 0.923. The van der Waals surface area contributed by atoms with Crippen molar-refractivity contribution in [3.8, 4) is 0 Å². The van der Waals surface area contributed by atoms with Crippen LogP contribution in [0.5, 0.6) is 0 Å². The van der Waals surface area contributed by atoms with Crippen LogP contribution in [0.4, 0.5) is 0 Å². The van der Waals surface area contributed by atoms with E-state index in [1.807, 2.05) is 4.90 Å². The van der Waals surface area contributed by atoms with E-state index in [0.717, 1.165) is 32.2 Å². The molecule has 0 aromatic rings. The van der Waals surface area contributed by atoms with Crippen molar-refractivity contribution in [3.05, 3.63) is 0 Å². The lowest BCUT2D eigenvalue weighted by atomic mass is 9.93. The Bertz CT molecular complexity index is 270. The highest BCUT2D eigenvalue weighted by atomic mass is 16.5. The zero-order valence-electron chi connectivity index (χ0n) is 10.7. The number of ether oxygens (including phenoxy) is 1. The van der Waals surface area contributed by atoms with E-state index in [4.69, 9.17) is 10.5 Å². The number of amides is 1. The van der Waals surface area contributed by atoms with Gasteiger partial charge in [-0.3, -0.25) is 4.79 Å². The monoisotopic (exact) mass is 240 g/mol. The predicted octanol–water partition coefficient (Wildman–Crippen LogP) is 0.999. The van der Waals surface area contributed by atoms with Crippen molar-refractivity contribution in [2.75, 3.05) is 26.3 Å². The van der Waals surface area contributed by atoms with Gasteiger partial charge in [-0.2, -0.15) is 0 Å². The maximum atomic E-state index is 12.6. The van der Waals surface area contributed by atoms with Crippen LogP contribution in [0.25, 0.3) is 0 Å². The Morgan fingerprint density at radius 2 is 2.29 bits per heavy atom. The molecule has 1 aliphatic carbocycles. The number of carbonyl (C=O) groups excluding carboxylic acids is 1. The van der Waals surface area contributed by atoms with Gasteiger partial charge in [0.1, 0.15) is 0 Å². The Balaban J connectivity index is 2.02. The second kappa shape index (κ2) is 5.83. The second-order valence-electron chi connectivity index (χ2n) is 5.20. The highest BCUT2D eigenvalue weighted by molar-refractivity contribution is 5.80. The summed E-state index contributed by atoms with van der Waals surface area (Å²) in [5.41, 5.74) is 5.76. The lowest BCUT2D eigenvalue weighted by Gasteiger charge is -2.37. The van der Waals surface area contributed by atoms with Gasteiger partial charge < -0.3 is 15.4 Å². The largest absolute Gasteiger partial charge is 0.377 e. The number of nitrogens with zero attached hydrogens (tertiary/aromatic N) is 1. The predicted molar refractivity (Wildman–Crippen MR) is 66.5 cm³/mol. The van der Waals surface area contributed by atoms with Crippen LogP contribution in [0, 0.1) is 11.8 Å². The normalized spacial score (nSPS) is 34.0. The first-order valence-corrected chi connectivity index (χ1v) is 6.86. The van der Waals surface area contributed by atoms with Crippen molar-refractivity contribution in [1.29, 1.82) is 0 Å². The first-order chi connectivity index (χ1) is 8.27. The third kappa shape index (κ3) is 2.63. The summed E-state index contributed by atoms with van der Waals surface area (Å²) in [6.07, 6.45) is 4.27. The first kappa shape index (κ1) is 12.8. The summed E-state index contributed by atoms with van der Waals surface area (Å²) in [5.74, 6) is 0.906. The summed E-state index contributed by atoms with van der Waals surface area (Å²) >= 11 is 0. The smallest absolute Gasteiger partial charge is 0.226 e. The Kier molecular flexibility index (Phi) is 4.40. The molecule has 1 saturated heterocycles. The average Bonchev–Trinajstić information content (AvgIpc) is 2.86. The SMILES string of the molecule is CCC1COCCN1C(=O)[C@@H]1CCC[C@@H]1CN. The van der Waals surface area contributed by atoms with Crippen LogP contribution in [0.1, 0.15) is 32.6 Å². The Hall–Kier alpha value is -0.610. The molecular weight excluding hydrogens is 216 g/mol. The highest BCUT2D eigenvalue weighted by Gasteiger charge is 2.37. The quantitative estimate of drug-likeness (QED) is 0.800. The van der Waals surface area contributed by atoms with Crippen LogP contribution < -0.4 is 5.73 Å². The molecule has 0 radical (unpaired) electrons. The van der Waals surface area contributed by atoms with E-state index in [1.165, 1.54) is 0 Å². The average molecular weight is 240 g/mol. The molecule has 2 rings (SSSR count). The molecule has 17 heavy (non-hydrogen) atoms. The molecule has 2 fully saturated rings. The summed E-state index contributed by atoms with van der Waals surface area (Å²) in [6.45, 7) is 4.90. The van der Waals surface area contributed by atoms with E-state index in [1.54, 1.807) is 0 Å². The Labute approximate surface area is 103 Å². The van der Waals surface area contributed by atoms with E-state index >= 15 is 0 Å². The van der Waals surface area contributed by atoms with Crippen LogP contribution in [0.3, 0.4) is 0 Å². The fourth-order valence-corrected chi connectivity index (χ4v) is 3.14. The topological polar surface area (TPSA) is 55.6 Å². The maximum Gasteiger partial charge on any atom is 0.226 e. The van der Waals surface area contributed by atoms with Gasteiger partial charge >= 0.3 is 0 Å². The minimum atomic E-state index is 0.173. The second-order valence-corrected chi connectivity index (χ2v) is 5.20. The molecule has 0 bridgehead atoms. The van der Waals surface area contributed by atoms with Gasteiger partial charge in [-0.15, -0.1) is 0 Å². The number of carbonyl (C=O) groups is 1. The Morgan fingerprint density at radius 1 is 1.47 bits per heavy atom. The molecule has 0 spiro atoms. The Morgan fingerprint density at radius 3 is 3.00 bits per heavy atom. The maximum absolute atomic E-state index is 12.6. The highest BCUT2D eigenvalue weighted by Crippen LogP contribution is 2.33. The van der Waals surface area contributed by atoms with Gasteiger partial charge in [0.2, 0.25) is 5.91 Å². The number of morpholine rings is 1. The van der Waals surface area contributed by atoms with Crippen LogP contribution in [0.15, 0.2) is 0 Å². The molecule has 2 aliphatic rings. The van der Waals surface area contributed by atoms with E-state index in [9.17, 15) is 4.79 Å². The molecule has 1 amide bonds. The van der Waals surface area contributed by atoms with Crippen molar-refractivity contribution in [3.63, 3.8) is 0 Å². The fourth-order valence-electron chi connectivity index (χ4n) is 3.14. The molecular formula is C13H24N2O2. The van der Waals surface area contributed by atoms with Crippen LogP contribution in [0.2, 0.25) is 0 Å². The van der Waals surface area contributed by atoms with E-state index < -0.39 is 0 Å². The molecule has 1 aliphatic heterocycles. The molecule has 0 aromatic heterocycles. The van der Waals surface area contributed by atoms with E-state index in [2.05, 4.69) is 6.92 Å². The van der Waals surface area contributed by atoms with Gasteiger partial charge in [-0.1, -0.05) is 13.3 Å². The zero-order valence-corrected chi connectivity index (χ0v) is 10.7. The summed E-state index contributed by atoms with van der Waals surface area (Å²) in [6, 6.07) is 0.273. The summed E-state index contributed by atoms with van der Waals surface area (Å²) in [7, 11) is 0. The molecule has 1 unspecified atom stereocenters. The summed E-state index contributed by atoms with van der Waals surface area (Å²) in [5, 5.41) is 0. The standard InChI is InChI=1S/C13H24N2O2/c1-2-11-9-17-7-6-15(11)13(16)12-5-3-4-10(12)8-14/h10-12H,2-9,14H2,1H3/t10-,11?,12-/m1/s1. The van der Waals surface area contributed by atoms with Crippen molar-refractivity contribution in [2.45, 2.75) is 38.6 Å². The van der Waals surface area contributed by atoms with Crippen LogP contribution in [-0.2, 0) is 9.53 Å². The number of nitrogens with two attached hydrogens (primary N) is 1. The molecule has 1 saturated carbocycles. The van der Waals surface area contributed by atoms with Crippen molar-refractivity contribution in [1.82, 2.24) is 4.90 Å². The van der Waals surface area contributed by atoms with Crippen LogP contribution >= 0.6 is 0 Å². The summed E-state index contributed by atoms with van der Waals surface area (Å²) in [4.78, 5) is 14.6. The van der Waals surface area contributed by atoms with Gasteiger partial charge in [0.05, 0.1) is 19.3 Å². The zero-order chi connectivity index (χ0) is 12.3. The van der Waals surface area contributed by atoms with Crippen molar-refractivity contribution < 1.29 is 9.53 Å². The number of hydrogen-bond donors (Lipinski definition) is 1. The van der Waals surface area contributed by atoms with E-state index in [-0.39, 0.29) is 12.0 Å². The molecule has 4 nitrogen and oxygen atoms in total. The summed E-state index contributed by atoms with van der Waals surface area (Å²) < 4.78 is 5.45.